The fourth-order valence-corrected chi connectivity index (χ4v) is 6.05. The Morgan fingerprint density at radius 2 is 1.41 bits per heavy atom. The van der Waals surface area contributed by atoms with Crippen LogP contribution in [0.2, 0.25) is 0 Å². The SMILES string of the molecule is CC(=O)c1cccc(S(=O)(=O)N2CCC(C(=O)OCC(=O)N(Cc3ccccc3)Cc3ccccc3)CC2)c1. The molecule has 1 aliphatic rings. The topological polar surface area (TPSA) is 101 Å². The fourth-order valence-electron chi connectivity index (χ4n) is 4.54. The summed E-state index contributed by atoms with van der Waals surface area (Å²) in [6, 6.07) is 25.2. The van der Waals surface area contributed by atoms with Crippen LogP contribution in [0.5, 0.6) is 0 Å². The second-order valence-electron chi connectivity index (χ2n) is 9.59. The predicted octanol–water partition coefficient (Wildman–Crippen LogP) is 4.06. The van der Waals surface area contributed by atoms with E-state index in [2.05, 4.69) is 0 Å². The lowest BCUT2D eigenvalue weighted by Gasteiger charge is -2.30. The van der Waals surface area contributed by atoms with Crippen LogP contribution in [0.3, 0.4) is 0 Å². The van der Waals surface area contributed by atoms with E-state index in [0.29, 0.717) is 18.7 Å². The zero-order valence-electron chi connectivity index (χ0n) is 21.9. The maximum absolute atomic E-state index is 13.1. The van der Waals surface area contributed by atoms with Crippen LogP contribution in [0.25, 0.3) is 0 Å². The second kappa shape index (κ2) is 12.8. The van der Waals surface area contributed by atoms with E-state index in [-0.39, 0.29) is 49.1 Å². The van der Waals surface area contributed by atoms with Crippen LogP contribution in [0.15, 0.2) is 89.8 Å². The molecule has 0 atom stereocenters. The first kappa shape index (κ1) is 28.2. The van der Waals surface area contributed by atoms with Gasteiger partial charge in [0.1, 0.15) is 0 Å². The molecule has 9 heteroatoms. The molecule has 1 saturated heterocycles. The van der Waals surface area contributed by atoms with Gasteiger partial charge in [0.2, 0.25) is 10.0 Å². The average molecular weight is 549 g/mol. The first-order valence-electron chi connectivity index (χ1n) is 12.9. The van der Waals surface area contributed by atoms with Gasteiger partial charge in [-0.05, 0) is 43.0 Å². The quantitative estimate of drug-likeness (QED) is 0.280. The monoisotopic (exact) mass is 548 g/mol. The van der Waals surface area contributed by atoms with Crippen molar-refractivity contribution in [1.82, 2.24) is 9.21 Å². The van der Waals surface area contributed by atoms with Crippen molar-refractivity contribution in [2.45, 2.75) is 37.8 Å². The molecule has 0 radical (unpaired) electrons. The van der Waals surface area contributed by atoms with Gasteiger partial charge in [-0.1, -0.05) is 72.8 Å². The van der Waals surface area contributed by atoms with Gasteiger partial charge in [-0.25, -0.2) is 8.42 Å². The number of hydrogen-bond donors (Lipinski definition) is 0. The molecule has 3 aromatic rings. The molecule has 0 unspecified atom stereocenters. The van der Waals surface area contributed by atoms with E-state index in [9.17, 15) is 22.8 Å². The summed E-state index contributed by atoms with van der Waals surface area (Å²) in [6.07, 6.45) is 0.576. The Morgan fingerprint density at radius 3 is 1.95 bits per heavy atom. The van der Waals surface area contributed by atoms with Crippen LogP contribution in [0.1, 0.15) is 41.3 Å². The largest absolute Gasteiger partial charge is 0.455 e. The van der Waals surface area contributed by atoms with Gasteiger partial charge in [-0.15, -0.1) is 0 Å². The van der Waals surface area contributed by atoms with Crippen molar-refractivity contribution >= 4 is 27.7 Å². The second-order valence-corrected chi connectivity index (χ2v) is 11.5. The summed E-state index contributed by atoms with van der Waals surface area (Å²) in [5.74, 6) is -1.52. The normalized spacial score (nSPS) is 14.5. The van der Waals surface area contributed by atoms with Gasteiger partial charge in [-0.3, -0.25) is 14.4 Å². The summed E-state index contributed by atoms with van der Waals surface area (Å²) in [7, 11) is -3.80. The van der Waals surface area contributed by atoms with E-state index in [4.69, 9.17) is 4.74 Å². The number of esters is 1. The highest BCUT2D eigenvalue weighted by Crippen LogP contribution is 2.25. The molecule has 1 aliphatic heterocycles. The highest BCUT2D eigenvalue weighted by molar-refractivity contribution is 7.89. The molecule has 0 N–H and O–H groups in total. The number of ketones is 1. The van der Waals surface area contributed by atoms with Gasteiger partial charge in [0.15, 0.2) is 12.4 Å². The van der Waals surface area contributed by atoms with Gasteiger partial charge in [0, 0.05) is 31.7 Å². The van der Waals surface area contributed by atoms with Crippen LogP contribution < -0.4 is 0 Å². The van der Waals surface area contributed by atoms with Crippen molar-refractivity contribution < 1.29 is 27.5 Å². The number of rotatable bonds is 10. The molecule has 0 aliphatic carbocycles. The minimum Gasteiger partial charge on any atom is -0.455 e. The molecule has 4 rings (SSSR count). The molecule has 0 saturated carbocycles. The number of hydrogen-bond acceptors (Lipinski definition) is 6. The summed E-state index contributed by atoms with van der Waals surface area (Å²) in [5, 5.41) is 0. The van der Waals surface area contributed by atoms with Crippen molar-refractivity contribution in [2.75, 3.05) is 19.7 Å². The molecule has 1 heterocycles. The van der Waals surface area contributed by atoms with Gasteiger partial charge < -0.3 is 9.64 Å². The molecule has 0 aromatic heterocycles. The summed E-state index contributed by atoms with van der Waals surface area (Å²) in [5.41, 5.74) is 2.26. The predicted molar refractivity (Wildman–Crippen MR) is 146 cm³/mol. The number of ether oxygens (including phenoxy) is 1. The number of sulfonamides is 1. The standard InChI is InChI=1S/C30H32N2O6S/c1-23(33)27-13-8-14-28(19-27)39(36,37)32-17-15-26(16-18-32)30(35)38-22-29(34)31(20-24-9-4-2-5-10-24)21-25-11-6-3-7-12-25/h2-14,19,26H,15-18,20-22H2,1H3. The van der Waals surface area contributed by atoms with E-state index in [1.807, 2.05) is 60.7 Å². The Hall–Kier alpha value is -3.82. The van der Waals surface area contributed by atoms with E-state index < -0.39 is 21.9 Å². The molecular formula is C30H32N2O6S. The van der Waals surface area contributed by atoms with Crippen LogP contribution in [0.4, 0.5) is 0 Å². The first-order valence-corrected chi connectivity index (χ1v) is 14.3. The molecular weight excluding hydrogens is 516 g/mol. The number of benzene rings is 3. The van der Waals surface area contributed by atoms with E-state index in [1.165, 1.54) is 23.4 Å². The third-order valence-corrected chi connectivity index (χ3v) is 8.68. The molecule has 3 aromatic carbocycles. The summed E-state index contributed by atoms with van der Waals surface area (Å²) in [4.78, 5) is 39.3. The van der Waals surface area contributed by atoms with E-state index in [1.54, 1.807) is 17.0 Å². The summed E-state index contributed by atoms with van der Waals surface area (Å²) >= 11 is 0. The zero-order chi connectivity index (χ0) is 27.8. The van der Waals surface area contributed by atoms with Crippen LogP contribution >= 0.6 is 0 Å². The van der Waals surface area contributed by atoms with Crippen molar-refractivity contribution in [2.24, 2.45) is 5.92 Å². The Bertz CT molecular complexity index is 1360. The lowest BCUT2D eigenvalue weighted by molar-refractivity contribution is -0.157. The number of carbonyl (C=O) groups is 3. The molecule has 204 valence electrons. The third kappa shape index (κ3) is 7.40. The van der Waals surface area contributed by atoms with Crippen LogP contribution in [-0.2, 0) is 37.4 Å². The zero-order valence-corrected chi connectivity index (χ0v) is 22.7. The molecule has 8 nitrogen and oxygen atoms in total. The van der Waals surface area contributed by atoms with Crippen molar-refractivity contribution in [3.8, 4) is 0 Å². The number of amides is 1. The highest BCUT2D eigenvalue weighted by atomic mass is 32.2. The molecule has 1 fully saturated rings. The Balaban J connectivity index is 1.33. The summed E-state index contributed by atoms with van der Waals surface area (Å²) in [6.45, 7) is 2.06. The number of Topliss-reactive ketones (excluding diaryl/α,β-unsaturated/α-hetero) is 1. The maximum Gasteiger partial charge on any atom is 0.309 e. The van der Waals surface area contributed by atoms with Gasteiger partial charge in [0.25, 0.3) is 5.91 Å². The van der Waals surface area contributed by atoms with Crippen molar-refractivity contribution in [3.05, 3.63) is 102 Å². The number of nitrogens with zero attached hydrogens (tertiary/aromatic N) is 2. The van der Waals surface area contributed by atoms with Crippen LogP contribution in [-0.4, -0.2) is 55.0 Å². The van der Waals surface area contributed by atoms with Gasteiger partial charge in [-0.2, -0.15) is 4.31 Å². The Kier molecular flexibility index (Phi) is 9.27. The van der Waals surface area contributed by atoms with Crippen LogP contribution in [0, 0.1) is 5.92 Å². The fraction of sp³-hybridized carbons (Fsp3) is 0.300. The molecule has 0 bridgehead atoms. The Morgan fingerprint density at radius 1 is 0.846 bits per heavy atom. The lowest BCUT2D eigenvalue weighted by atomic mass is 9.98. The third-order valence-electron chi connectivity index (χ3n) is 6.79. The Labute approximate surface area is 229 Å². The van der Waals surface area contributed by atoms with Gasteiger partial charge >= 0.3 is 5.97 Å². The number of carbonyl (C=O) groups excluding carboxylic acids is 3. The maximum atomic E-state index is 13.1. The molecule has 1 amide bonds. The van der Waals surface area contributed by atoms with E-state index in [0.717, 1.165) is 11.1 Å². The first-order chi connectivity index (χ1) is 18.7. The lowest BCUT2D eigenvalue weighted by Crippen LogP contribution is -2.41. The smallest absolute Gasteiger partial charge is 0.309 e. The van der Waals surface area contributed by atoms with E-state index >= 15 is 0 Å². The average Bonchev–Trinajstić information content (AvgIpc) is 2.96. The van der Waals surface area contributed by atoms with Gasteiger partial charge in [0.05, 0.1) is 10.8 Å². The number of piperidine rings is 1. The van der Waals surface area contributed by atoms with Crippen molar-refractivity contribution in [1.29, 1.82) is 0 Å². The highest BCUT2D eigenvalue weighted by Gasteiger charge is 2.33. The minimum atomic E-state index is -3.80. The summed E-state index contributed by atoms with van der Waals surface area (Å²) < 4.78 is 32.9. The minimum absolute atomic E-state index is 0.0544. The molecule has 39 heavy (non-hydrogen) atoms. The molecule has 0 spiro atoms. The van der Waals surface area contributed by atoms with Crippen molar-refractivity contribution in [3.63, 3.8) is 0 Å².